The van der Waals surface area contributed by atoms with Crippen LogP contribution in [0.5, 0.6) is 11.9 Å². The highest BCUT2D eigenvalue weighted by Crippen LogP contribution is 2.43. The third-order valence-corrected chi connectivity index (χ3v) is 5.17. The molecule has 1 heterocycles. The summed E-state index contributed by atoms with van der Waals surface area (Å²) >= 11 is 0. The van der Waals surface area contributed by atoms with Gasteiger partial charge in [0, 0.05) is 12.0 Å². The fourth-order valence-electron chi connectivity index (χ4n) is 3.29. The molecule has 0 radical (unpaired) electrons. The summed E-state index contributed by atoms with van der Waals surface area (Å²) in [5, 5.41) is 0. The van der Waals surface area contributed by atoms with E-state index in [1.807, 2.05) is 24.3 Å². The Bertz CT molecular complexity index is 775. The van der Waals surface area contributed by atoms with Crippen LogP contribution in [0.1, 0.15) is 30.2 Å². The van der Waals surface area contributed by atoms with E-state index in [9.17, 15) is 0 Å². The topological polar surface area (TPSA) is 53.5 Å². The molecule has 0 saturated carbocycles. The summed E-state index contributed by atoms with van der Waals surface area (Å²) in [5.41, 5.74) is 1.96. The van der Waals surface area contributed by atoms with E-state index in [0.29, 0.717) is 18.7 Å². The molecule has 2 aromatic rings. The summed E-state index contributed by atoms with van der Waals surface area (Å²) in [6, 6.07) is 10.4. The summed E-state index contributed by atoms with van der Waals surface area (Å²) in [5.74, 6) is 0.517. The van der Waals surface area contributed by atoms with E-state index in [1.54, 1.807) is 14.2 Å². The van der Waals surface area contributed by atoms with Crippen molar-refractivity contribution >= 4 is 8.32 Å². The number of hydrogen-bond donors (Lipinski definition) is 0. The lowest BCUT2D eigenvalue weighted by molar-refractivity contribution is 0.0976. The second-order valence-corrected chi connectivity index (χ2v) is 11.7. The maximum Gasteiger partial charge on any atom is 0.319 e. The Morgan fingerprint density at radius 2 is 1.74 bits per heavy atom. The second kappa shape index (κ2) is 8.67. The second-order valence-electron chi connectivity index (χ2n) is 7.30. The zero-order chi connectivity index (χ0) is 20.1. The van der Waals surface area contributed by atoms with Crippen LogP contribution in [0.2, 0.25) is 19.6 Å². The highest BCUT2D eigenvalue weighted by atomic mass is 28.4. The van der Waals surface area contributed by atoms with Gasteiger partial charge in [0.05, 0.1) is 19.9 Å². The molecule has 5 nitrogen and oxygen atoms in total. The molecule has 0 aliphatic carbocycles. The molecule has 1 aromatic heterocycles. The molecule has 2 rings (SSSR count). The Kier molecular flexibility index (Phi) is 6.78. The van der Waals surface area contributed by atoms with Gasteiger partial charge in [0.1, 0.15) is 5.60 Å². The van der Waals surface area contributed by atoms with Crippen LogP contribution in [0.25, 0.3) is 0 Å². The van der Waals surface area contributed by atoms with Gasteiger partial charge in [-0.1, -0.05) is 43.3 Å². The Morgan fingerprint density at radius 3 is 2.22 bits per heavy atom. The molecule has 6 heteroatoms. The summed E-state index contributed by atoms with van der Waals surface area (Å²) < 4.78 is 17.8. The number of aromatic nitrogens is 2. The molecular weight excluding hydrogens is 356 g/mol. The van der Waals surface area contributed by atoms with Crippen LogP contribution in [0, 0.1) is 0 Å². The molecule has 27 heavy (non-hydrogen) atoms. The first-order valence-electron chi connectivity index (χ1n) is 9.17. The van der Waals surface area contributed by atoms with Gasteiger partial charge in [0.15, 0.2) is 8.32 Å². The van der Waals surface area contributed by atoms with Crippen molar-refractivity contribution in [2.24, 2.45) is 0 Å². The van der Waals surface area contributed by atoms with E-state index < -0.39 is 13.9 Å². The predicted molar refractivity (Wildman–Crippen MR) is 111 cm³/mol. The monoisotopic (exact) mass is 386 g/mol. The van der Waals surface area contributed by atoms with E-state index in [-0.39, 0.29) is 6.01 Å². The lowest BCUT2D eigenvalue weighted by Gasteiger charge is -2.40. The summed E-state index contributed by atoms with van der Waals surface area (Å²) in [6.45, 7) is 12.6. The molecule has 0 spiro atoms. The number of ether oxygens (including phenoxy) is 2. The fraction of sp³-hybridized carbons (Fsp3) is 0.429. The van der Waals surface area contributed by atoms with Crippen molar-refractivity contribution < 1.29 is 13.9 Å². The normalized spacial score (nSPS) is 13.7. The molecule has 146 valence electrons. The summed E-state index contributed by atoms with van der Waals surface area (Å²) in [4.78, 5) is 9.14. The highest BCUT2D eigenvalue weighted by molar-refractivity contribution is 6.69. The number of rotatable bonds is 9. The van der Waals surface area contributed by atoms with Gasteiger partial charge in [-0.25, -0.2) is 0 Å². The third-order valence-electron chi connectivity index (χ3n) is 4.21. The van der Waals surface area contributed by atoms with Gasteiger partial charge in [-0.3, -0.25) is 0 Å². The van der Waals surface area contributed by atoms with Gasteiger partial charge in [-0.15, -0.1) is 6.58 Å². The van der Waals surface area contributed by atoms with E-state index in [0.717, 1.165) is 16.8 Å². The van der Waals surface area contributed by atoms with Crippen molar-refractivity contribution in [2.75, 3.05) is 14.2 Å². The van der Waals surface area contributed by atoms with E-state index >= 15 is 0 Å². The zero-order valence-electron chi connectivity index (χ0n) is 17.2. The first-order chi connectivity index (χ1) is 12.8. The predicted octanol–water partition coefficient (Wildman–Crippen LogP) is 4.73. The Morgan fingerprint density at radius 1 is 1.07 bits per heavy atom. The number of nitrogens with zero attached hydrogens (tertiary/aromatic N) is 2. The molecule has 1 aromatic carbocycles. The van der Waals surface area contributed by atoms with Gasteiger partial charge in [0.25, 0.3) is 0 Å². The molecule has 1 unspecified atom stereocenters. The van der Waals surface area contributed by atoms with Crippen molar-refractivity contribution in [1.82, 2.24) is 9.97 Å². The van der Waals surface area contributed by atoms with E-state index in [1.165, 1.54) is 0 Å². The molecule has 1 atom stereocenters. The molecule has 0 amide bonds. The summed E-state index contributed by atoms with van der Waals surface area (Å²) in [6.07, 6.45) is 3.18. The lowest BCUT2D eigenvalue weighted by atomic mass is 9.84. The van der Waals surface area contributed by atoms with Gasteiger partial charge < -0.3 is 13.9 Å². The average Bonchev–Trinajstić information content (AvgIpc) is 2.66. The molecule has 0 N–H and O–H groups in total. The Hall–Kier alpha value is -2.18. The van der Waals surface area contributed by atoms with E-state index in [4.69, 9.17) is 18.9 Å². The van der Waals surface area contributed by atoms with E-state index in [2.05, 4.69) is 50.3 Å². The Labute approximate surface area is 163 Å². The van der Waals surface area contributed by atoms with Crippen molar-refractivity contribution in [3.05, 3.63) is 59.8 Å². The number of hydrogen-bond acceptors (Lipinski definition) is 5. The minimum Gasteiger partial charge on any atom is -0.481 e. The van der Waals surface area contributed by atoms with Crippen LogP contribution in [0.15, 0.2) is 43.0 Å². The first-order valence-corrected chi connectivity index (χ1v) is 12.6. The quantitative estimate of drug-likeness (QED) is 0.461. The third kappa shape index (κ3) is 4.57. The van der Waals surface area contributed by atoms with Crippen molar-refractivity contribution in [2.45, 2.75) is 45.0 Å². The molecule has 0 aliphatic heterocycles. The highest BCUT2D eigenvalue weighted by Gasteiger charge is 2.42. The molecule has 0 bridgehead atoms. The largest absolute Gasteiger partial charge is 0.481 e. The average molecular weight is 387 g/mol. The zero-order valence-corrected chi connectivity index (χ0v) is 18.2. The van der Waals surface area contributed by atoms with Crippen LogP contribution in [-0.2, 0) is 16.4 Å². The van der Waals surface area contributed by atoms with Gasteiger partial charge in [-0.2, -0.15) is 9.97 Å². The van der Waals surface area contributed by atoms with Crippen LogP contribution in [-0.4, -0.2) is 32.5 Å². The molecule has 0 saturated heterocycles. The van der Waals surface area contributed by atoms with Crippen molar-refractivity contribution in [3.8, 4) is 11.9 Å². The minimum atomic E-state index is -1.98. The SMILES string of the molecule is C=CCC(O[Si](C)(C)C)(c1ccccc1)c1nc(OC)nc(OC)c1CC. The maximum atomic E-state index is 6.85. The van der Waals surface area contributed by atoms with Gasteiger partial charge in [0.2, 0.25) is 5.88 Å². The van der Waals surface area contributed by atoms with Crippen LogP contribution in [0.4, 0.5) is 0 Å². The summed E-state index contributed by atoms with van der Waals surface area (Å²) in [7, 11) is 1.19. The first kappa shape index (κ1) is 21.1. The lowest BCUT2D eigenvalue weighted by Crippen LogP contribution is -2.43. The molecule has 0 fully saturated rings. The smallest absolute Gasteiger partial charge is 0.319 e. The molecule has 0 aliphatic rings. The number of methoxy groups -OCH3 is 2. The standard InChI is InChI=1S/C21H30N2O3Si/c1-8-15-21(26-27(5,6)7,16-13-11-10-12-14-16)18-17(9-2)19(24-3)23-20(22-18)25-4/h8,10-14H,1,9,15H2,2-7H3. The maximum absolute atomic E-state index is 6.85. The van der Waals surface area contributed by atoms with Crippen LogP contribution in [0.3, 0.4) is 0 Å². The van der Waals surface area contributed by atoms with Crippen LogP contribution < -0.4 is 9.47 Å². The Balaban J connectivity index is 2.90. The van der Waals surface area contributed by atoms with Gasteiger partial charge in [-0.05, 0) is 31.6 Å². The van der Waals surface area contributed by atoms with Crippen molar-refractivity contribution in [1.29, 1.82) is 0 Å². The number of benzene rings is 1. The van der Waals surface area contributed by atoms with Crippen molar-refractivity contribution in [3.63, 3.8) is 0 Å². The molecular formula is C21H30N2O3Si. The van der Waals surface area contributed by atoms with Gasteiger partial charge >= 0.3 is 6.01 Å². The van der Waals surface area contributed by atoms with Crippen LogP contribution >= 0.6 is 0 Å². The fourth-order valence-corrected chi connectivity index (χ4v) is 4.63. The minimum absolute atomic E-state index is 0.266.